The van der Waals surface area contributed by atoms with Crippen molar-refractivity contribution in [1.29, 1.82) is 5.26 Å². The monoisotopic (exact) mass is 228 g/mol. The number of hydrogen-bond acceptors (Lipinski definition) is 4. The quantitative estimate of drug-likeness (QED) is 0.481. The Morgan fingerprint density at radius 1 is 1.41 bits per heavy atom. The Morgan fingerprint density at radius 3 is 2.82 bits per heavy atom. The van der Waals surface area contributed by atoms with Crippen molar-refractivity contribution in [1.82, 2.24) is 4.98 Å². The molecule has 0 radical (unpaired) electrons. The predicted octanol–water partition coefficient (Wildman–Crippen LogP) is 1.66. The van der Waals surface area contributed by atoms with Gasteiger partial charge < -0.3 is 9.72 Å². The molecule has 5 heteroatoms. The second-order valence-electron chi connectivity index (χ2n) is 3.40. The number of ether oxygens (including phenoxy) is 1. The molecule has 0 saturated carbocycles. The highest BCUT2D eigenvalue weighted by Crippen LogP contribution is 2.20. The summed E-state index contributed by atoms with van der Waals surface area (Å²) in [5.74, 6) is -1.06. The molecule has 84 valence electrons. The van der Waals surface area contributed by atoms with Crippen LogP contribution in [0, 0.1) is 11.3 Å². The van der Waals surface area contributed by atoms with E-state index in [9.17, 15) is 9.59 Å². The first kappa shape index (κ1) is 10.9. The Hall–Kier alpha value is -2.61. The molecule has 1 aromatic heterocycles. The zero-order valence-electron chi connectivity index (χ0n) is 8.98. The number of ketones is 1. The molecular formula is C12H8N2O3. The van der Waals surface area contributed by atoms with Gasteiger partial charge in [0.05, 0.1) is 18.2 Å². The van der Waals surface area contributed by atoms with E-state index in [1.165, 1.54) is 13.3 Å². The molecule has 1 heterocycles. The fourth-order valence-corrected chi connectivity index (χ4v) is 1.62. The van der Waals surface area contributed by atoms with E-state index in [-0.39, 0.29) is 0 Å². The minimum absolute atomic E-state index is 0.305. The zero-order chi connectivity index (χ0) is 12.4. The molecule has 0 spiro atoms. The van der Waals surface area contributed by atoms with Crippen LogP contribution in [0.2, 0.25) is 0 Å². The van der Waals surface area contributed by atoms with E-state index in [0.717, 1.165) is 0 Å². The van der Waals surface area contributed by atoms with Gasteiger partial charge in [0.1, 0.15) is 6.07 Å². The van der Waals surface area contributed by atoms with Gasteiger partial charge in [-0.15, -0.1) is 0 Å². The largest absolute Gasteiger partial charge is 0.465 e. The van der Waals surface area contributed by atoms with Gasteiger partial charge in [0.15, 0.2) is 0 Å². The first-order chi connectivity index (χ1) is 8.17. The molecule has 0 atom stereocenters. The highest BCUT2D eigenvalue weighted by atomic mass is 16.5. The molecule has 0 amide bonds. The first-order valence-corrected chi connectivity index (χ1v) is 4.81. The van der Waals surface area contributed by atoms with Gasteiger partial charge in [-0.3, -0.25) is 4.79 Å². The third kappa shape index (κ3) is 1.76. The van der Waals surface area contributed by atoms with Crippen molar-refractivity contribution in [2.45, 2.75) is 0 Å². The summed E-state index contributed by atoms with van der Waals surface area (Å²) in [6.07, 6.45) is 1.46. The summed E-state index contributed by atoms with van der Waals surface area (Å²) in [5.41, 5.74) is 1.31. The fraction of sp³-hybridized carbons (Fsp3) is 0.0833. The van der Waals surface area contributed by atoms with Crippen LogP contribution in [0.4, 0.5) is 0 Å². The van der Waals surface area contributed by atoms with Crippen LogP contribution in [0.3, 0.4) is 0 Å². The van der Waals surface area contributed by atoms with E-state index in [1.54, 1.807) is 24.3 Å². The Bertz CT molecular complexity index is 649. The number of aromatic amines is 1. The molecule has 0 aliphatic heterocycles. The van der Waals surface area contributed by atoms with Crippen molar-refractivity contribution in [2.75, 3.05) is 7.11 Å². The number of Topliss-reactive ketones (excluding diaryl/α,β-unsaturated/α-hetero) is 1. The molecule has 0 fully saturated rings. The lowest BCUT2D eigenvalue weighted by Gasteiger charge is -1.99. The van der Waals surface area contributed by atoms with Crippen LogP contribution in [-0.4, -0.2) is 23.8 Å². The third-order valence-electron chi connectivity index (χ3n) is 2.45. The summed E-state index contributed by atoms with van der Waals surface area (Å²) >= 11 is 0. The lowest BCUT2D eigenvalue weighted by atomic mass is 10.1. The highest BCUT2D eigenvalue weighted by molar-refractivity contribution is 6.15. The van der Waals surface area contributed by atoms with Crippen molar-refractivity contribution in [3.05, 3.63) is 35.5 Å². The maximum Gasteiger partial charge on any atom is 0.337 e. The topological polar surface area (TPSA) is 82.9 Å². The standard InChI is InChI=1S/C12H8N2O3/c1-17-12(16)7-2-3-8-9(11(15)5-13)6-14-10(8)4-7/h2-4,6,14H,1H3. The molecule has 17 heavy (non-hydrogen) atoms. The second-order valence-corrected chi connectivity index (χ2v) is 3.40. The van der Waals surface area contributed by atoms with Crippen LogP contribution in [0.15, 0.2) is 24.4 Å². The Balaban J connectivity index is 2.57. The fourth-order valence-electron chi connectivity index (χ4n) is 1.62. The van der Waals surface area contributed by atoms with Gasteiger partial charge >= 0.3 is 5.97 Å². The number of fused-ring (bicyclic) bond motifs is 1. The van der Waals surface area contributed by atoms with E-state index >= 15 is 0 Å². The second kappa shape index (κ2) is 4.10. The summed E-state index contributed by atoms with van der Waals surface area (Å²) in [4.78, 5) is 25.4. The van der Waals surface area contributed by atoms with Gasteiger partial charge in [-0.05, 0) is 12.1 Å². The highest BCUT2D eigenvalue weighted by Gasteiger charge is 2.13. The normalized spacial score (nSPS) is 9.88. The van der Waals surface area contributed by atoms with E-state index in [1.807, 2.05) is 0 Å². The molecule has 0 aliphatic carbocycles. The molecule has 2 rings (SSSR count). The van der Waals surface area contributed by atoms with Gasteiger partial charge in [0.2, 0.25) is 0 Å². The number of hydrogen-bond donors (Lipinski definition) is 1. The maximum atomic E-state index is 11.3. The van der Waals surface area contributed by atoms with Crippen molar-refractivity contribution < 1.29 is 14.3 Å². The number of nitrogens with one attached hydrogen (secondary N) is 1. The van der Waals surface area contributed by atoms with Gasteiger partial charge in [0.25, 0.3) is 5.78 Å². The molecule has 5 nitrogen and oxygen atoms in total. The number of esters is 1. The van der Waals surface area contributed by atoms with Crippen molar-refractivity contribution in [2.24, 2.45) is 0 Å². The van der Waals surface area contributed by atoms with Crippen molar-refractivity contribution in [3.8, 4) is 6.07 Å². The van der Waals surface area contributed by atoms with Crippen LogP contribution >= 0.6 is 0 Å². The molecule has 2 aromatic rings. The lowest BCUT2D eigenvalue weighted by Crippen LogP contribution is -2.00. The Labute approximate surface area is 96.6 Å². The molecule has 0 unspecified atom stereocenters. The third-order valence-corrected chi connectivity index (χ3v) is 2.45. The average Bonchev–Trinajstić information content (AvgIpc) is 2.79. The molecular weight excluding hydrogens is 220 g/mol. The number of carbonyl (C=O) groups excluding carboxylic acids is 2. The van der Waals surface area contributed by atoms with Crippen LogP contribution in [0.25, 0.3) is 10.9 Å². The number of nitriles is 1. The average molecular weight is 228 g/mol. The van der Waals surface area contributed by atoms with Gasteiger partial charge in [-0.2, -0.15) is 5.26 Å². The van der Waals surface area contributed by atoms with Crippen LogP contribution in [-0.2, 0) is 4.74 Å². The van der Waals surface area contributed by atoms with Gasteiger partial charge in [-0.25, -0.2) is 4.79 Å². The Kier molecular flexibility index (Phi) is 2.63. The number of benzene rings is 1. The van der Waals surface area contributed by atoms with Crippen LogP contribution < -0.4 is 0 Å². The van der Waals surface area contributed by atoms with Crippen LogP contribution in [0.1, 0.15) is 20.7 Å². The van der Waals surface area contributed by atoms with E-state index in [4.69, 9.17) is 5.26 Å². The molecule has 0 aliphatic rings. The minimum Gasteiger partial charge on any atom is -0.465 e. The number of nitrogens with zero attached hydrogens (tertiary/aromatic N) is 1. The van der Waals surface area contributed by atoms with Crippen LogP contribution in [0.5, 0.6) is 0 Å². The summed E-state index contributed by atoms with van der Waals surface area (Å²) in [6, 6.07) is 6.30. The van der Waals surface area contributed by atoms with E-state index in [0.29, 0.717) is 22.0 Å². The molecule has 1 aromatic carbocycles. The number of H-pyrrole nitrogens is 1. The smallest absolute Gasteiger partial charge is 0.337 e. The SMILES string of the molecule is COC(=O)c1ccc2c(C(=O)C#N)c[nH]c2c1. The first-order valence-electron chi connectivity index (χ1n) is 4.81. The molecule has 0 saturated heterocycles. The number of aromatic nitrogens is 1. The maximum absolute atomic E-state index is 11.3. The van der Waals surface area contributed by atoms with Gasteiger partial charge in [-0.1, -0.05) is 6.07 Å². The lowest BCUT2D eigenvalue weighted by molar-refractivity contribution is 0.0601. The van der Waals surface area contributed by atoms with Gasteiger partial charge in [0, 0.05) is 17.1 Å². The number of methoxy groups -OCH3 is 1. The summed E-state index contributed by atoms with van der Waals surface area (Å²) < 4.78 is 4.59. The number of rotatable bonds is 2. The van der Waals surface area contributed by atoms with E-state index < -0.39 is 11.8 Å². The number of carbonyl (C=O) groups is 2. The van der Waals surface area contributed by atoms with E-state index in [2.05, 4.69) is 9.72 Å². The molecule has 0 bridgehead atoms. The summed E-state index contributed by atoms with van der Waals surface area (Å²) in [5, 5.41) is 9.17. The minimum atomic E-state index is -0.609. The van der Waals surface area contributed by atoms with Crippen molar-refractivity contribution >= 4 is 22.7 Å². The summed E-state index contributed by atoms with van der Waals surface area (Å²) in [6.45, 7) is 0. The Morgan fingerprint density at radius 2 is 2.18 bits per heavy atom. The zero-order valence-corrected chi connectivity index (χ0v) is 8.98. The summed E-state index contributed by atoms with van der Waals surface area (Å²) in [7, 11) is 1.30. The predicted molar refractivity (Wildman–Crippen MR) is 59.6 cm³/mol. The van der Waals surface area contributed by atoms with Crippen molar-refractivity contribution in [3.63, 3.8) is 0 Å². The molecule has 1 N–H and O–H groups in total.